The molecule has 3 saturated carbocycles. The van der Waals surface area contributed by atoms with Crippen LogP contribution >= 0.6 is 0 Å². The summed E-state index contributed by atoms with van der Waals surface area (Å²) in [5.74, 6) is 3.96. The first kappa shape index (κ1) is 25.9. The molecule has 4 nitrogen and oxygen atoms in total. The molecule has 218 valence electrons. The van der Waals surface area contributed by atoms with Crippen molar-refractivity contribution in [2.45, 2.75) is 103 Å². The predicted molar refractivity (Wildman–Crippen MR) is 165 cm³/mol. The zero-order chi connectivity index (χ0) is 29.0. The number of ether oxygens (including phenoxy) is 1. The Morgan fingerprint density at radius 2 is 0.857 bits per heavy atom. The van der Waals surface area contributed by atoms with Crippen molar-refractivity contribution in [3.05, 3.63) is 87.3 Å². The Morgan fingerprint density at radius 1 is 0.548 bits per heavy atom. The van der Waals surface area contributed by atoms with Gasteiger partial charge in [0.2, 0.25) is 0 Å². The van der Waals surface area contributed by atoms with Crippen molar-refractivity contribution in [1.82, 2.24) is 15.0 Å². The molecule has 9 aliphatic carbocycles. The van der Waals surface area contributed by atoms with E-state index < -0.39 is 5.60 Å². The summed E-state index contributed by atoms with van der Waals surface area (Å²) in [6.07, 6.45) is 7.06. The predicted octanol–water partition coefficient (Wildman–Crippen LogP) is 7.87. The molecule has 3 heterocycles. The maximum atomic E-state index is 6.72. The third-order valence-corrected chi connectivity index (χ3v) is 14.3. The summed E-state index contributed by atoms with van der Waals surface area (Å²) in [7, 11) is 1.84. The first-order chi connectivity index (χ1) is 20.0. The summed E-state index contributed by atoms with van der Waals surface area (Å²) in [6, 6.07) is 13.8. The van der Waals surface area contributed by atoms with Gasteiger partial charge < -0.3 is 4.74 Å². The van der Waals surface area contributed by atoms with Gasteiger partial charge in [0.1, 0.15) is 0 Å². The molecule has 0 radical (unpaired) electrons. The number of nitrogens with zero attached hydrogens (tertiary/aromatic N) is 3. The molecule has 0 aliphatic heterocycles. The summed E-state index contributed by atoms with van der Waals surface area (Å²) < 4.78 is 6.72. The molecule has 0 saturated heterocycles. The van der Waals surface area contributed by atoms with E-state index in [1.165, 1.54) is 53.0 Å². The lowest BCUT2D eigenvalue weighted by molar-refractivity contribution is 0.0124. The number of pyridine rings is 3. The molecule has 4 heteroatoms. The highest BCUT2D eigenvalue weighted by Gasteiger charge is 2.56. The zero-order valence-electron chi connectivity index (χ0n) is 26.4. The van der Waals surface area contributed by atoms with E-state index in [1.54, 1.807) is 0 Å². The van der Waals surface area contributed by atoms with Crippen LogP contribution in [0.2, 0.25) is 0 Å². The van der Waals surface area contributed by atoms with Crippen LogP contribution in [0, 0.1) is 34.0 Å². The van der Waals surface area contributed by atoms with Crippen LogP contribution in [0.5, 0.6) is 0 Å². The van der Waals surface area contributed by atoms with Crippen LogP contribution in [0.3, 0.4) is 0 Å². The van der Waals surface area contributed by atoms with E-state index in [9.17, 15) is 0 Å². The maximum absolute atomic E-state index is 6.72. The van der Waals surface area contributed by atoms with Crippen LogP contribution in [0.25, 0.3) is 0 Å². The molecule has 0 spiro atoms. The van der Waals surface area contributed by atoms with Gasteiger partial charge in [-0.2, -0.15) is 0 Å². The minimum Gasteiger partial charge on any atom is -0.359 e. The number of aromatic nitrogens is 3. The highest BCUT2D eigenvalue weighted by Crippen LogP contribution is 2.64. The van der Waals surface area contributed by atoms with Crippen LogP contribution < -0.4 is 0 Å². The fourth-order valence-corrected chi connectivity index (χ4v) is 10.6. The smallest absolute Gasteiger partial charge is 0.193 e. The lowest BCUT2D eigenvalue weighted by Crippen LogP contribution is -2.49. The molecule has 0 aromatic carbocycles. The van der Waals surface area contributed by atoms with Crippen molar-refractivity contribution < 1.29 is 4.74 Å². The third-order valence-electron chi connectivity index (χ3n) is 14.3. The fourth-order valence-electron chi connectivity index (χ4n) is 10.6. The number of rotatable bonds is 4. The van der Waals surface area contributed by atoms with Gasteiger partial charge in [0, 0.05) is 24.2 Å². The molecule has 12 rings (SSSR count). The highest BCUT2D eigenvalue weighted by molar-refractivity contribution is 5.48. The lowest BCUT2D eigenvalue weighted by Gasteiger charge is -2.57. The molecular formula is C38H45N3O. The molecular weight excluding hydrogens is 514 g/mol. The van der Waals surface area contributed by atoms with E-state index in [4.69, 9.17) is 19.7 Å². The first-order valence-corrected chi connectivity index (χ1v) is 16.5. The van der Waals surface area contributed by atoms with E-state index in [0.29, 0.717) is 51.8 Å². The third kappa shape index (κ3) is 2.96. The monoisotopic (exact) mass is 559 g/mol. The van der Waals surface area contributed by atoms with Crippen LogP contribution in [0.4, 0.5) is 0 Å². The van der Waals surface area contributed by atoms with E-state index in [-0.39, 0.29) is 0 Å². The van der Waals surface area contributed by atoms with Gasteiger partial charge in [-0.05, 0) is 125 Å². The van der Waals surface area contributed by atoms with E-state index in [1.807, 2.05) is 7.11 Å². The summed E-state index contributed by atoms with van der Waals surface area (Å²) in [5.41, 5.74) is 11.1. The normalized spacial score (nSPS) is 33.2. The van der Waals surface area contributed by atoms with Gasteiger partial charge in [-0.3, -0.25) is 15.0 Å². The van der Waals surface area contributed by atoms with Crippen LogP contribution in [0.1, 0.15) is 129 Å². The summed E-state index contributed by atoms with van der Waals surface area (Å²) in [5, 5.41) is 0. The van der Waals surface area contributed by atoms with E-state index >= 15 is 0 Å². The summed E-state index contributed by atoms with van der Waals surface area (Å²) in [6.45, 7) is 14.6. The molecule has 3 aromatic heterocycles. The Kier molecular flexibility index (Phi) is 4.87. The number of methoxy groups -OCH3 is 1. The Bertz CT molecular complexity index is 1470. The second-order valence-electron chi connectivity index (χ2n) is 16.6. The van der Waals surface area contributed by atoms with Crippen LogP contribution in [-0.4, -0.2) is 22.1 Å². The SMILES string of the molecule is COC(c1ccc2c(n1)C[C@H]1C[C@@H]2C1(C)C)(c1ccc2c(n1)C[C@H]1C[C@@H]2C1(C)C)c1ccc2c(n1)C[C@H]1C[C@@H]2C1(C)C. The van der Waals surface area contributed by atoms with E-state index in [0.717, 1.165) is 36.3 Å². The van der Waals surface area contributed by atoms with E-state index in [2.05, 4.69) is 77.9 Å². The Hall–Kier alpha value is -2.59. The minimum atomic E-state index is -0.940. The van der Waals surface area contributed by atoms with Gasteiger partial charge in [-0.1, -0.05) is 59.7 Å². The topological polar surface area (TPSA) is 47.9 Å². The molecule has 0 unspecified atom stereocenters. The second-order valence-corrected chi connectivity index (χ2v) is 16.6. The van der Waals surface area contributed by atoms with Crippen molar-refractivity contribution in [3.8, 4) is 0 Å². The Labute approximate surface area is 251 Å². The van der Waals surface area contributed by atoms with Crippen molar-refractivity contribution >= 4 is 0 Å². The van der Waals surface area contributed by atoms with Gasteiger partial charge >= 0.3 is 0 Å². The Morgan fingerprint density at radius 3 is 1.12 bits per heavy atom. The Balaban J connectivity index is 1.21. The molecule has 9 aliphatic rings. The van der Waals surface area contributed by atoms with Gasteiger partial charge in [0.05, 0.1) is 17.1 Å². The summed E-state index contributed by atoms with van der Waals surface area (Å²) >= 11 is 0. The first-order valence-electron chi connectivity index (χ1n) is 16.5. The van der Waals surface area contributed by atoms with Gasteiger partial charge in [-0.25, -0.2) is 0 Å². The molecule has 3 aromatic rings. The van der Waals surface area contributed by atoms with Gasteiger partial charge in [-0.15, -0.1) is 0 Å². The average Bonchev–Trinajstić information content (AvgIpc) is 3.00. The molecule has 42 heavy (non-hydrogen) atoms. The van der Waals surface area contributed by atoms with Gasteiger partial charge in [0.25, 0.3) is 0 Å². The van der Waals surface area contributed by atoms with Crippen LogP contribution in [-0.2, 0) is 29.6 Å². The number of hydrogen-bond acceptors (Lipinski definition) is 4. The van der Waals surface area contributed by atoms with Crippen molar-refractivity contribution in [2.75, 3.05) is 7.11 Å². The molecule has 6 bridgehead atoms. The molecule has 3 fully saturated rings. The van der Waals surface area contributed by atoms with Crippen molar-refractivity contribution in [1.29, 1.82) is 0 Å². The van der Waals surface area contributed by atoms with Crippen molar-refractivity contribution in [3.63, 3.8) is 0 Å². The molecule has 0 amide bonds. The fraction of sp³-hybridized carbons (Fsp3) is 0.605. The van der Waals surface area contributed by atoms with Gasteiger partial charge in [0.15, 0.2) is 5.60 Å². The molecule has 0 N–H and O–H groups in total. The maximum Gasteiger partial charge on any atom is 0.193 e. The minimum absolute atomic E-state index is 0.373. The lowest BCUT2D eigenvalue weighted by atomic mass is 9.48. The largest absolute Gasteiger partial charge is 0.359 e. The number of hydrogen-bond donors (Lipinski definition) is 0. The van der Waals surface area contributed by atoms with Crippen LogP contribution in [0.15, 0.2) is 36.4 Å². The summed E-state index contributed by atoms with van der Waals surface area (Å²) in [4.78, 5) is 16.4. The highest BCUT2D eigenvalue weighted by atomic mass is 16.5. The standard InChI is InChI=1S/C38H45N3O/c1-35(2)20-14-26(35)23-8-11-32(39-29(23)17-20)38(42-7,33-12-9-24-27-15-21(36(27,3)4)18-30(24)40-33)34-13-10-25-28-16-22(37(28,5)6)19-31(25)41-34/h8-13,20-22,26-28H,14-19H2,1-7H3/t20-,21-,22-,26+,27+,28+/m1/s1. The average molecular weight is 560 g/mol. The second kappa shape index (κ2) is 7.92. The zero-order valence-corrected chi connectivity index (χ0v) is 26.4. The quantitative estimate of drug-likeness (QED) is 0.326. The van der Waals surface area contributed by atoms with Crippen molar-refractivity contribution in [2.24, 2.45) is 34.0 Å². The molecule has 6 atom stereocenters.